The molecule has 1 aromatic rings. The summed E-state index contributed by atoms with van der Waals surface area (Å²) in [6.07, 6.45) is 11.9. The second kappa shape index (κ2) is 7.81. The molecule has 0 saturated heterocycles. The van der Waals surface area contributed by atoms with Gasteiger partial charge >= 0.3 is 0 Å². The SMILES string of the molecule is C=CC1=C(/C=C\C)c2ccccc2C1(C/C=C\C)C(C)C(C)NC. The van der Waals surface area contributed by atoms with E-state index >= 15 is 0 Å². The van der Waals surface area contributed by atoms with Crippen molar-refractivity contribution in [2.75, 3.05) is 7.05 Å². The Morgan fingerprint density at radius 3 is 2.46 bits per heavy atom. The van der Waals surface area contributed by atoms with Gasteiger partial charge in [-0.05, 0) is 62.4 Å². The van der Waals surface area contributed by atoms with Gasteiger partial charge in [0.25, 0.3) is 0 Å². The number of benzene rings is 1. The fraction of sp³-hybridized carbons (Fsp3) is 0.391. The first-order valence-electron chi connectivity index (χ1n) is 8.96. The van der Waals surface area contributed by atoms with Crippen molar-refractivity contribution < 1.29 is 0 Å². The van der Waals surface area contributed by atoms with E-state index in [2.05, 4.69) is 101 Å². The Balaban J connectivity index is 2.82. The van der Waals surface area contributed by atoms with Gasteiger partial charge in [0, 0.05) is 11.5 Å². The third-order valence-corrected chi connectivity index (χ3v) is 5.66. The minimum absolute atomic E-state index is 0.0396. The number of fused-ring (bicyclic) bond motifs is 1. The predicted molar refractivity (Wildman–Crippen MR) is 107 cm³/mol. The Morgan fingerprint density at radius 1 is 1.17 bits per heavy atom. The Kier molecular flexibility index (Phi) is 6.01. The first-order valence-corrected chi connectivity index (χ1v) is 8.96. The van der Waals surface area contributed by atoms with Crippen LogP contribution in [0.1, 0.15) is 45.2 Å². The van der Waals surface area contributed by atoms with Gasteiger partial charge in [-0.1, -0.05) is 68.1 Å². The first kappa shape index (κ1) is 18.5. The molecule has 2 rings (SSSR count). The Labute approximate surface area is 147 Å². The summed E-state index contributed by atoms with van der Waals surface area (Å²) in [4.78, 5) is 0. The van der Waals surface area contributed by atoms with E-state index in [9.17, 15) is 0 Å². The number of hydrogen-bond donors (Lipinski definition) is 1. The summed E-state index contributed by atoms with van der Waals surface area (Å²) in [5.41, 5.74) is 5.42. The van der Waals surface area contributed by atoms with Crippen LogP contribution in [-0.4, -0.2) is 13.1 Å². The summed E-state index contributed by atoms with van der Waals surface area (Å²) >= 11 is 0. The van der Waals surface area contributed by atoms with E-state index < -0.39 is 0 Å². The van der Waals surface area contributed by atoms with Crippen LogP contribution in [0.4, 0.5) is 0 Å². The molecule has 0 aromatic heterocycles. The molecule has 1 heteroatoms. The normalized spacial score (nSPS) is 23.0. The molecule has 3 atom stereocenters. The number of allylic oxidation sites excluding steroid dienone is 7. The molecule has 24 heavy (non-hydrogen) atoms. The molecule has 0 aliphatic heterocycles. The highest BCUT2D eigenvalue weighted by atomic mass is 14.9. The zero-order valence-electron chi connectivity index (χ0n) is 15.8. The molecule has 1 aliphatic rings. The minimum Gasteiger partial charge on any atom is -0.317 e. The summed E-state index contributed by atoms with van der Waals surface area (Å²) in [6, 6.07) is 9.27. The van der Waals surface area contributed by atoms with Crippen LogP contribution >= 0.6 is 0 Å². The highest BCUT2D eigenvalue weighted by Gasteiger charge is 2.47. The summed E-state index contributed by atoms with van der Waals surface area (Å²) in [6.45, 7) is 13.0. The van der Waals surface area contributed by atoms with Gasteiger partial charge in [-0.15, -0.1) is 0 Å². The second-order valence-electron chi connectivity index (χ2n) is 6.69. The van der Waals surface area contributed by atoms with Crippen LogP contribution in [0.2, 0.25) is 0 Å². The van der Waals surface area contributed by atoms with Crippen LogP contribution in [0.5, 0.6) is 0 Å². The third-order valence-electron chi connectivity index (χ3n) is 5.66. The topological polar surface area (TPSA) is 12.0 Å². The number of hydrogen-bond acceptors (Lipinski definition) is 1. The highest BCUT2D eigenvalue weighted by molar-refractivity contribution is 5.88. The average Bonchev–Trinajstić information content (AvgIpc) is 2.89. The van der Waals surface area contributed by atoms with Crippen molar-refractivity contribution >= 4 is 5.57 Å². The van der Waals surface area contributed by atoms with Gasteiger partial charge in [-0.25, -0.2) is 0 Å². The van der Waals surface area contributed by atoms with Crippen LogP contribution < -0.4 is 5.32 Å². The molecule has 0 fully saturated rings. The van der Waals surface area contributed by atoms with E-state index in [1.807, 2.05) is 0 Å². The van der Waals surface area contributed by atoms with E-state index in [4.69, 9.17) is 0 Å². The molecule has 3 unspecified atom stereocenters. The van der Waals surface area contributed by atoms with Crippen LogP contribution in [0, 0.1) is 5.92 Å². The summed E-state index contributed by atoms with van der Waals surface area (Å²) in [5, 5.41) is 3.47. The molecule has 0 heterocycles. The van der Waals surface area contributed by atoms with Crippen molar-refractivity contribution in [3.8, 4) is 0 Å². The maximum absolute atomic E-state index is 4.19. The monoisotopic (exact) mass is 321 g/mol. The van der Waals surface area contributed by atoms with Gasteiger partial charge in [0.15, 0.2) is 0 Å². The maximum atomic E-state index is 4.19. The lowest BCUT2D eigenvalue weighted by atomic mass is 9.64. The molecular weight excluding hydrogens is 290 g/mol. The highest BCUT2D eigenvalue weighted by Crippen LogP contribution is 2.54. The van der Waals surface area contributed by atoms with Crippen LogP contribution in [0.3, 0.4) is 0 Å². The number of nitrogens with one attached hydrogen (secondary N) is 1. The Bertz CT molecular complexity index is 677. The van der Waals surface area contributed by atoms with E-state index in [1.165, 1.54) is 22.3 Å². The maximum Gasteiger partial charge on any atom is 0.0289 e. The Hall–Kier alpha value is -1.86. The fourth-order valence-electron chi connectivity index (χ4n) is 4.15. The molecule has 0 spiro atoms. The standard InChI is InChI=1S/C23H31N/c1-7-10-16-23(17(4)18(5)24-6)21(9-3)19(13-8-2)20-14-11-12-15-22(20)23/h7-15,17-18,24H,3,16H2,1-2,4-6H3/b10-7-,13-8-. The average molecular weight is 322 g/mol. The largest absolute Gasteiger partial charge is 0.317 e. The van der Waals surface area contributed by atoms with Crippen molar-refractivity contribution in [3.05, 3.63) is 77.9 Å². The van der Waals surface area contributed by atoms with Crippen molar-refractivity contribution in [2.24, 2.45) is 5.92 Å². The zero-order chi connectivity index (χ0) is 17.7. The van der Waals surface area contributed by atoms with Crippen molar-refractivity contribution in [2.45, 2.75) is 45.6 Å². The fourth-order valence-corrected chi connectivity index (χ4v) is 4.15. The molecule has 1 aromatic carbocycles. The van der Waals surface area contributed by atoms with Crippen LogP contribution in [0.25, 0.3) is 5.57 Å². The molecule has 0 bridgehead atoms. The molecule has 0 saturated carbocycles. The molecule has 1 aliphatic carbocycles. The van der Waals surface area contributed by atoms with E-state index in [0.717, 1.165) is 6.42 Å². The molecule has 128 valence electrons. The molecule has 1 N–H and O–H groups in total. The van der Waals surface area contributed by atoms with Crippen molar-refractivity contribution in [1.82, 2.24) is 5.32 Å². The van der Waals surface area contributed by atoms with Gasteiger partial charge < -0.3 is 5.32 Å². The van der Waals surface area contributed by atoms with Gasteiger partial charge in [-0.3, -0.25) is 0 Å². The number of rotatable bonds is 7. The Morgan fingerprint density at radius 2 is 1.88 bits per heavy atom. The predicted octanol–water partition coefficient (Wildman–Crippen LogP) is 5.66. The van der Waals surface area contributed by atoms with Crippen LogP contribution in [-0.2, 0) is 5.41 Å². The summed E-state index contributed by atoms with van der Waals surface area (Å²) in [5.74, 6) is 0.440. The lowest BCUT2D eigenvalue weighted by Gasteiger charge is -2.41. The van der Waals surface area contributed by atoms with Gasteiger partial charge in [-0.2, -0.15) is 0 Å². The van der Waals surface area contributed by atoms with Gasteiger partial charge in [0.1, 0.15) is 0 Å². The van der Waals surface area contributed by atoms with Crippen molar-refractivity contribution in [3.63, 3.8) is 0 Å². The zero-order valence-corrected chi connectivity index (χ0v) is 15.8. The minimum atomic E-state index is -0.0396. The van der Waals surface area contributed by atoms with E-state index in [1.54, 1.807) is 0 Å². The van der Waals surface area contributed by atoms with E-state index in [-0.39, 0.29) is 5.41 Å². The van der Waals surface area contributed by atoms with Crippen LogP contribution in [0.15, 0.2) is 66.8 Å². The quantitative estimate of drug-likeness (QED) is 0.639. The second-order valence-corrected chi connectivity index (χ2v) is 6.69. The summed E-state index contributed by atoms with van der Waals surface area (Å²) in [7, 11) is 2.05. The smallest absolute Gasteiger partial charge is 0.0289 e. The third kappa shape index (κ3) is 2.82. The lowest BCUT2D eigenvalue weighted by Crippen LogP contribution is -2.44. The first-order chi connectivity index (χ1) is 11.6. The molecule has 1 nitrogen and oxygen atoms in total. The molecule has 0 radical (unpaired) electrons. The lowest BCUT2D eigenvalue weighted by molar-refractivity contribution is 0.283. The van der Waals surface area contributed by atoms with Gasteiger partial charge in [0.2, 0.25) is 0 Å². The van der Waals surface area contributed by atoms with Gasteiger partial charge in [0.05, 0.1) is 0 Å². The molecule has 0 amide bonds. The van der Waals surface area contributed by atoms with Crippen molar-refractivity contribution in [1.29, 1.82) is 0 Å². The molecular formula is C23H31N. The van der Waals surface area contributed by atoms with E-state index in [0.29, 0.717) is 12.0 Å². The summed E-state index contributed by atoms with van der Waals surface area (Å²) < 4.78 is 0.